The molecule has 0 radical (unpaired) electrons. The molecule has 0 aliphatic rings. The van der Waals surface area contributed by atoms with Crippen molar-refractivity contribution < 1.29 is 4.42 Å². The van der Waals surface area contributed by atoms with Crippen LogP contribution in [0.1, 0.15) is 24.9 Å². The SMILES string of the molecule is CCC(NC)c1cccc(-c2ccoc2)c1. The molecule has 2 rings (SSSR count). The van der Waals surface area contributed by atoms with Gasteiger partial charge in [-0.25, -0.2) is 0 Å². The van der Waals surface area contributed by atoms with Crippen LogP contribution in [0.25, 0.3) is 11.1 Å². The average molecular weight is 215 g/mol. The summed E-state index contributed by atoms with van der Waals surface area (Å²) in [6.45, 7) is 2.19. The summed E-state index contributed by atoms with van der Waals surface area (Å²) in [6, 6.07) is 11.0. The lowest BCUT2D eigenvalue weighted by Gasteiger charge is -2.14. The molecule has 2 aromatic rings. The molecule has 16 heavy (non-hydrogen) atoms. The van der Waals surface area contributed by atoms with E-state index in [-0.39, 0.29) is 0 Å². The Morgan fingerprint density at radius 3 is 2.75 bits per heavy atom. The summed E-state index contributed by atoms with van der Waals surface area (Å²) >= 11 is 0. The minimum atomic E-state index is 0.423. The third kappa shape index (κ3) is 2.17. The molecule has 1 N–H and O–H groups in total. The molecule has 0 aliphatic carbocycles. The Kier molecular flexibility index (Phi) is 3.42. The average Bonchev–Trinajstić information content (AvgIpc) is 2.85. The summed E-state index contributed by atoms with van der Waals surface area (Å²) in [5, 5.41) is 3.32. The van der Waals surface area contributed by atoms with Crippen LogP contribution in [0.4, 0.5) is 0 Å². The summed E-state index contributed by atoms with van der Waals surface area (Å²) in [5.41, 5.74) is 3.66. The Morgan fingerprint density at radius 2 is 2.12 bits per heavy atom. The van der Waals surface area contributed by atoms with Crippen molar-refractivity contribution in [2.45, 2.75) is 19.4 Å². The monoisotopic (exact) mass is 215 g/mol. The van der Waals surface area contributed by atoms with Crippen LogP contribution in [0.3, 0.4) is 0 Å². The molecule has 1 aromatic heterocycles. The molecule has 0 amide bonds. The van der Waals surface area contributed by atoms with Gasteiger partial charge in [-0.05, 0) is 36.7 Å². The predicted molar refractivity (Wildman–Crippen MR) is 66.2 cm³/mol. The Morgan fingerprint density at radius 1 is 1.25 bits per heavy atom. The minimum absolute atomic E-state index is 0.423. The quantitative estimate of drug-likeness (QED) is 0.842. The van der Waals surface area contributed by atoms with E-state index < -0.39 is 0 Å². The molecule has 0 bridgehead atoms. The second kappa shape index (κ2) is 4.99. The fourth-order valence-corrected chi connectivity index (χ4v) is 1.97. The maximum Gasteiger partial charge on any atom is 0.0980 e. The number of hydrogen-bond acceptors (Lipinski definition) is 2. The first-order valence-electron chi connectivity index (χ1n) is 5.65. The fraction of sp³-hybridized carbons (Fsp3) is 0.286. The van der Waals surface area contributed by atoms with Crippen LogP contribution >= 0.6 is 0 Å². The van der Waals surface area contributed by atoms with E-state index in [4.69, 9.17) is 4.42 Å². The van der Waals surface area contributed by atoms with Crippen molar-refractivity contribution in [3.8, 4) is 11.1 Å². The first-order chi connectivity index (χ1) is 7.85. The largest absolute Gasteiger partial charge is 0.472 e. The van der Waals surface area contributed by atoms with E-state index in [0.29, 0.717) is 6.04 Å². The Hall–Kier alpha value is -1.54. The van der Waals surface area contributed by atoms with E-state index in [9.17, 15) is 0 Å². The van der Waals surface area contributed by atoms with Crippen LogP contribution in [-0.2, 0) is 0 Å². The lowest BCUT2D eigenvalue weighted by molar-refractivity contribution is 0.568. The highest BCUT2D eigenvalue weighted by Gasteiger charge is 2.07. The molecule has 0 saturated carbocycles. The summed E-state index contributed by atoms with van der Waals surface area (Å²) in [7, 11) is 2.00. The molecule has 0 saturated heterocycles. The van der Waals surface area contributed by atoms with E-state index in [2.05, 4.69) is 36.5 Å². The second-order valence-electron chi connectivity index (χ2n) is 3.89. The van der Waals surface area contributed by atoms with Gasteiger partial charge in [0.1, 0.15) is 0 Å². The molecule has 2 nitrogen and oxygen atoms in total. The fourth-order valence-electron chi connectivity index (χ4n) is 1.97. The van der Waals surface area contributed by atoms with Gasteiger partial charge in [-0.15, -0.1) is 0 Å². The number of rotatable bonds is 4. The van der Waals surface area contributed by atoms with Gasteiger partial charge in [0.25, 0.3) is 0 Å². The van der Waals surface area contributed by atoms with Crippen molar-refractivity contribution in [3.05, 3.63) is 48.4 Å². The highest BCUT2D eigenvalue weighted by Crippen LogP contribution is 2.24. The lowest BCUT2D eigenvalue weighted by Crippen LogP contribution is -2.14. The van der Waals surface area contributed by atoms with Crippen LogP contribution in [0.2, 0.25) is 0 Å². The van der Waals surface area contributed by atoms with E-state index in [0.717, 1.165) is 12.0 Å². The number of nitrogens with one attached hydrogen (secondary N) is 1. The second-order valence-corrected chi connectivity index (χ2v) is 3.89. The van der Waals surface area contributed by atoms with E-state index in [1.165, 1.54) is 11.1 Å². The molecule has 1 aromatic carbocycles. The van der Waals surface area contributed by atoms with E-state index in [1.54, 1.807) is 12.5 Å². The Bertz CT molecular complexity index is 430. The van der Waals surface area contributed by atoms with Crippen LogP contribution < -0.4 is 5.32 Å². The number of hydrogen-bond donors (Lipinski definition) is 1. The normalized spacial score (nSPS) is 12.6. The number of benzene rings is 1. The van der Waals surface area contributed by atoms with Gasteiger partial charge in [0.15, 0.2) is 0 Å². The zero-order valence-electron chi connectivity index (χ0n) is 9.73. The highest BCUT2D eigenvalue weighted by molar-refractivity contribution is 5.62. The molecule has 1 unspecified atom stereocenters. The first-order valence-corrected chi connectivity index (χ1v) is 5.65. The van der Waals surface area contributed by atoms with Crippen molar-refractivity contribution >= 4 is 0 Å². The van der Waals surface area contributed by atoms with Gasteiger partial charge in [0.2, 0.25) is 0 Å². The van der Waals surface area contributed by atoms with Gasteiger partial charge in [-0.1, -0.05) is 25.1 Å². The zero-order valence-corrected chi connectivity index (χ0v) is 9.73. The van der Waals surface area contributed by atoms with Crippen LogP contribution in [0, 0.1) is 0 Å². The van der Waals surface area contributed by atoms with Gasteiger partial charge in [0, 0.05) is 11.6 Å². The smallest absolute Gasteiger partial charge is 0.0980 e. The Labute approximate surface area is 96.3 Å². The first kappa shape index (κ1) is 11.0. The third-order valence-corrected chi connectivity index (χ3v) is 2.90. The van der Waals surface area contributed by atoms with Crippen molar-refractivity contribution in [2.75, 3.05) is 7.05 Å². The summed E-state index contributed by atoms with van der Waals surface area (Å²) in [6.07, 6.45) is 4.57. The van der Waals surface area contributed by atoms with E-state index in [1.807, 2.05) is 13.1 Å². The molecule has 2 heteroatoms. The molecule has 0 fully saturated rings. The van der Waals surface area contributed by atoms with Crippen molar-refractivity contribution in [1.82, 2.24) is 5.32 Å². The minimum Gasteiger partial charge on any atom is -0.472 e. The maximum absolute atomic E-state index is 5.11. The van der Waals surface area contributed by atoms with Gasteiger partial charge in [-0.3, -0.25) is 0 Å². The molecule has 1 heterocycles. The topological polar surface area (TPSA) is 25.2 Å². The summed E-state index contributed by atoms with van der Waals surface area (Å²) < 4.78 is 5.11. The maximum atomic E-state index is 5.11. The molecular weight excluding hydrogens is 198 g/mol. The third-order valence-electron chi connectivity index (χ3n) is 2.90. The van der Waals surface area contributed by atoms with Crippen molar-refractivity contribution in [3.63, 3.8) is 0 Å². The van der Waals surface area contributed by atoms with Crippen molar-refractivity contribution in [1.29, 1.82) is 0 Å². The molecule has 1 atom stereocenters. The Balaban J connectivity index is 2.33. The lowest BCUT2D eigenvalue weighted by atomic mass is 10.00. The van der Waals surface area contributed by atoms with Gasteiger partial charge >= 0.3 is 0 Å². The zero-order chi connectivity index (χ0) is 11.4. The van der Waals surface area contributed by atoms with Gasteiger partial charge < -0.3 is 9.73 Å². The summed E-state index contributed by atoms with van der Waals surface area (Å²) in [5.74, 6) is 0. The highest BCUT2D eigenvalue weighted by atomic mass is 16.3. The van der Waals surface area contributed by atoms with Crippen LogP contribution in [0.15, 0.2) is 47.3 Å². The molecule has 0 aliphatic heterocycles. The van der Waals surface area contributed by atoms with Gasteiger partial charge in [-0.2, -0.15) is 0 Å². The van der Waals surface area contributed by atoms with Crippen LogP contribution in [0.5, 0.6) is 0 Å². The molecular formula is C14H17NO. The van der Waals surface area contributed by atoms with Crippen molar-refractivity contribution in [2.24, 2.45) is 0 Å². The summed E-state index contributed by atoms with van der Waals surface area (Å²) in [4.78, 5) is 0. The van der Waals surface area contributed by atoms with E-state index >= 15 is 0 Å². The van der Waals surface area contributed by atoms with Crippen LogP contribution in [-0.4, -0.2) is 7.05 Å². The molecule has 0 spiro atoms. The molecule has 84 valence electrons. The predicted octanol–water partition coefficient (Wildman–Crippen LogP) is 3.62. The standard InChI is InChI=1S/C14H17NO/c1-3-14(15-2)12-6-4-5-11(9-12)13-7-8-16-10-13/h4-10,14-15H,3H2,1-2H3. The number of furan rings is 1. The van der Waals surface area contributed by atoms with Gasteiger partial charge in [0.05, 0.1) is 12.5 Å².